The Kier molecular flexibility index (Phi) is 3.63. The van der Waals surface area contributed by atoms with Crippen molar-refractivity contribution in [2.24, 2.45) is 0 Å². The highest BCUT2D eigenvalue weighted by atomic mass is 16.4. The van der Waals surface area contributed by atoms with Crippen molar-refractivity contribution < 1.29 is 15.0 Å². The molecular weight excluding hydrogens is 228 g/mol. The molecule has 3 nitrogen and oxygen atoms in total. The summed E-state index contributed by atoms with van der Waals surface area (Å²) in [6.07, 6.45) is 0.284. The first-order valence-electron chi connectivity index (χ1n) is 5.73. The molecule has 2 rings (SSSR count). The Hall–Kier alpha value is -2.29. The summed E-state index contributed by atoms with van der Waals surface area (Å²) in [4.78, 5) is 11.3. The molecule has 92 valence electrons. The van der Waals surface area contributed by atoms with E-state index in [-0.39, 0.29) is 12.2 Å². The molecule has 18 heavy (non-hydrogen) atoms. The SMILES string of the molecule is O=C(O)[C@@H](Cc1ccccc1O)c1ccccc1. The second kappa shape index (κ2) is 5.36. The molecule has 0 saturated heterocycles. The standard InChI is InChI=1S/C15H14O3/c16-14-9-5-4-8-12(14)10-13(15(17)18)11-6-2-1-3-7-11/h1-9,13,16H,10H2,(H,17,18)/t13-/m0/s1. The number of hydrogen-bond donors (Lipinski definition) is 2. The maximum absolute atomic E-state index is 11.3. The fraction of sp³-hybridized carbons (Fsp3) is 0.133. The van der Waals surface area contributed by atoms with Crippen molar-refractivity contribution >= 4 is 5.97 Å². The van der Waals surface area contributed by atoms with Crippen LogP contribution in [0.3, 0.4) is 0 Å². The van der Waals surface area contributed by atoms with Gasteiger partial charge in [0.2, 0.25) is 0 Å². The fourth-order valence-electron chi connectivity index (χ4n) is 1.94. The van der Waals surface area contributed by atoms with Crippen LogP contribution in [0.15, 0.2) is 54.6 Å². The average molecular weight is 242 g/mol. The fourth-order valence-corrected chi connectivity index (χ4v) is 1.94. The summed E-state index contributed by atoms with van der Waals surface area (Å²) in [6.45, 7) is 0. The average Bonchev–Trinajstić information content (AvgIpc) is 2.38. The minimum absolute atomic E-state index is 0.139. The molecule has 0 amide bonds. The highest BCUT2D eigenvalue weighted by Crippen LogP contribution is 2.25. The first kappa shape index (κ1) is 12.2. The number of aliphatic carboxylic acids is 1. The Morgan fingerprint density at radius 1 is 1.00 bits per heavy atom. The van der Waals surface area contributed by atoms with Crippen LogP contribution in [-0.2, 0) is 11.2 Å². The van der Waals surface area contributed by atoms with Crippen LogP contribution in [0.5, 0.6) is 5.75 Å². The topological polar surface area (TPSA) is 57.5 Å². The van der Waals surface area contributed by atoms with Gasteiger partial charge in [0.15, 0.2) is 0 Å². The molecule has 0 heterocycles. The molecule has 3 heteroatoms. The smallest absolute Gasteiger partial charge is 0.311 e. The lowest BCUT2D eigenvalue weighted by molar-refractivity contribution is -0.138. The lowest BCUT2D eigenvalue weighted by Crippen LogP contribution is -2.14. The van der Waals surface area contributed by atoms with E-state index in [0.717, 1.165) is 5.56 Å². The van der Waals surface area contributed by atoms with Crippen molar-refractivity contribution in [1.82, 2.24) is 0 Å². The van der Waals surface area contributed by atoms with E-state index >= 15 is 0 Å². The van der Waals surface area contributed by atoms with E-state index in [9.17, 15) is 15.0 Å². The van der Waals surface area contributed by atoms with Crippen molar-refractivity contribution in [2.75, 3.05) is 0 Å². The number of para-hydroxylation sites is 1. The molecule has 0 bridgehead atoms. The maximum Gasteiger partial charge on any atom is 0.311 e. The number of rotatable bonds is 4. The van der Waals surface area contributed by atoms with E-state index in [1.54, 1.807) is 36.4 Å². The monoisotopic (exact) mass is 242 g/mol. The molecule has 2 aromatic carbocycles. The molecule has 2 N–H and O–H groups in total. The van der Waals surface area contributed by atoms with Gasteiger partial charge in [0.05, 0.1) is 5.92 Å². The Morgan fingerprint density at radius 3 is 2.22 bits per heavy atom. The van der Waals surface area contributed by atoms with Crippen molar-refractivity contribution in [3.05, 3.63) is 65.7 Å². The summed E-state index contributed by atoms with van der Waals surface area (Å²) in [5.74, 6) is -1.39. The number of phenols is 1. The zero-order chi connectivity index (χ0) is 13.0. The second-order valence-corrected chi connectivity index (χ2v) is 4.13. The van der Waals surface area contributed by atoms with Gasteiger partial charge < -0.3 is 10.2 Å². The molecule has 0 aliphatic heterocycles. The van der Waals surface area contributed by atoms with Crippen molar-refractivity contribution in [3.8, 4) is 5.75 Å². The molecular formula is C15H14O3. The van der Waals surface area contributed by atoms with Crippen LogP contribution >= 0.6 is 0 Å². The van der Waals surface area contributed by atoms with Crippen LogP contribution in [0.2, 0.25) is 0 Å². The molecule has 0 unspecified atom stereocenters. The number of phenolic OH excluding ortho intramolecular Hbond substituents is 1. The van der Waals surface area contributed by atoms with Gasteiger partial charge in [-0.2, -0.15) is 0 Å². The quantitative estimate of drug-likeness (QED) is 0.866. The molecule has 1 atom stereocenters. The lowest BCUT2D eigenvalue weighted by Gasteiger charge is -2.13. The molecule has 0 radical (unpaired) electrons. The lowest BCUT2D eigenvalue weighted by atomic mass is 9.92. The minimum Gasteiger partial charge on any atom is -0.508 e. The van der Waals surface area contributed by atoms with E-state index in [2.05, 4.69) is 0 Å². The predicted octanol–water partition coefficient (Wildman–Crippen LogP) is 2.80. The van der Waals surface area contributed by atoms with Gasteiger partial charge in [-0.15, -0.1) is 0 Å². The number of carboxylic acid groups (broad SMARTS) is 1. The highest BCUT2D eigenvalue weighted by molar-refractivity contribution is 5.76. The van der Waals surface area contributed by atoms with E-state index in [1.807, 2.05) is 18.2 Å². The van der Waals surface area contributed by atoms with E-state index in [4.69, 9.17) is 0 Å². The van der Waals surface area contributed by atoms with Gasteiger partial charge in [-0.1, -0.05) is 48.5 Å². The van der Waals surface area contributed by atoms with Crippen LogP contribution in [0.4, 0.5) is 0 Å². The van der Waals surface area contributed by atoms with Crippen LogP contribution in [0.25, 0.3) is 0 Å². The Morgan fingerprint density at radius 2 is 1.61 bits per heavy atom. The van der Waals surface area contributed by atoms with Gasteiger partial charge >= 0.3 is 5.97 Å². The third kappa shape index (κ3) is 2.69. The second-order valence-electron chi connectivity index (χ2n) is 4.13. The first-order valence-corrected chi connectivity index (χ1v) is 5.73. The number of carboxylic acids is 1. The van der Waals surface area contributed by atoms with Gasteiger partial charge in [-0.25, -0.2) is 0 Å². The Balaban J connectivity index is 2.28. The van der Waals surface area contributed by atoms with E-state index in [1.165, 1.54) is 0 Å². The zero-order valence-electron chi connectivity index (χ0n) is 9.78. The normalized spacial score (nSPS) is 12.0. The molecule has 0 fully saturated rings. The van der Waals surface area contributed by atoms with Gasteiger partial charge in [-0.05, 0) is 23.6 Å². The third-order valence-electron chi connectivity index (χ3n) is 2.92. The van der Waals surface area contributed by atoms with Crippen LogP contribution in [-0.4, -0.2) is 16.2 Å². The molecule has 0 saturated carbocycles. The molecule has 0 aromatic heterocycles. The number of carbonyl (C=O) groups is 1. The van der Waals surface area contributed by atoms with Gasteiger partial charge in [0.25, 0.3) is 0 Å². The summed E-state index contributed by atoms with van der Waals surface area (Å²) >= 11 is 0. The van der Waals surface area contributed by atoms with Crippen molar-refractivity contribution in [2.45, 2.75) is 12.3 Å². The summed E-state index contributed by atoms with van der Waals surface area (Å²) in [5.41, 5.74) is 1.39. The summed E-state index contributed by atoms with van der Waals surface area (Å²) < 4.78 is 0. The van der Waals surface area contributed by atoms with Crippen LogP contribution in [0.1, 0.15) is 17.0 Å². The predicted molar refractivity (Wildman–Crippen MR) is 68.6 cm³/mol. The van der Waals surface area contributed by atoms with E-state index in [0.29, 0.717) is 5.56 Å². The van der Waals surface area contributed by atoms with Gasteiger partial charge in [0, 0.05) is 0 Å². The Labute approximate surface area is 105 Å². The highest BCUT2D eigenvalue weighted by Gasteiger charge is 2.21. The molecule has 2 aromatic rings. The molecule has 0 aliphatic carbocycles. The maximum atomic E-state index is 11.3. The van der Waals surface area contributed by atoms with Gasteiger partial charge in [-0.3, -0.25) is 4.79 Å². The minimum atomic E-state index is -0.885. The van der Waals surface area contributed by atoms with Crippen molar-refractivity contribution in [1.29, 1.82) is 0 Å². The van der Waals surface area contributed by atoms with Crippen LogP contribution in [0, 0.1) is 0 Å². The van der Waals surface area contributed by atoms with Crippen LogP contribution < -0.4 is 0 Å². The van der Waals surface area contributed by atoms with Crippen molar-refractivity contribution in [3.63, 3.8) is 0 Å². The molecule has 0 aliphatic rings. The third-order valence-corrected chi connectivity index (χ3v) is 2.92. The number of hydrogen-bond acceptors (Lipinski definition) is 2. The summed E-state index contributed by atoms with van der Waals surface area (Å²) in [6, 6.07) is 15.9. The Bertz CT molecular complexity index is 534. The summed E-state index contributed by atoms with van der Waals surface area (Å²) in [5, 5.41) is 19.0. The first-order chi connectivity index (χ1) is 8.68. The number of aromatic hydroxyl groups is 1. The summed E-state index contributed by atoms with van der Waals surface area (Å²) in [7, 11) is 0. The van der Waals surface area contributed by atoms with Gasteiger partial charge in [0.1, 0.15) is 5.75 Å². The number of benzene rings is 2. The van der Waals surface area contributed by atoms with E-state index < -0.39 is 11.9 Å². The largest absolute Gasteiger partial charge is 0.508 e. The zero-order valence-corrected chi connectivity index (χ0v) is 9.78. The molecule has 0 spiro atoms.